The van der Waals surface area contributed by atoms with E-state index in [9.17, 15) is 0 Å². The Morgan fingerprint density at radius 2 is 1.91 bits per heavy atom. The standard InChI is InChI=1S/C15H18Cl2N4S/c1-10-4-6-12(7-5-10)19-15(22)18-8-3-9-21-14(17)13(16)11(2)20-21/h4-7H,3,8-9H2,1-2H3,(H2,18,19,22). The third-order valence-corrected chi connectivity index (χ3v) is 4.32. The van der Waals surface area contributed by atoms with Crippen LogP contribution in [0.5, 0.6) is 0 Å². The van der Waals surface area contributed by atoms with Gasteiger partial charge in [0.1, 0.15) is 10.2 Å². The number of aromatic nitrogens is 2. The molecule has 1 aromatic carbocycles. The Morgan fingerprint density at radius 1 is 1.23 bits per heavy atom. The van der Waals surface area contributed by atoms with Crippen LogP contribution < -0.4 is 10.6 Å². The second kappa shape index (κ2) is 7.81. The van der Waals surface area contributed by atoms with E-state index in [4.69, 9.17) is 35.4 Å². The largest absolute Gasteiger partial charge is 0.362 e. The fourth-order valence-electron chi connectivity index (χ4n) is 1.92. The smallest absolute Gasteiger partial charge is 0.170 e. The topological polar surface area (TPSA) is 41.9 Å². The van der Waals surface area contributed by atoms with Gasteiger partial charge in [-0.3, -0.25) is 4.68 Å². The molecule has 0 saturated carbocycles. The molecular formula is C15H18Cl2N4S. The highest BCUT2D eigenvalue weighted by molar-refractivity contribution is 7.80. The van der Waals surface area contributed by atoms with Gasteiger partial charge in [0.2, 0.25) is 0 Å². The highest BCUT2D eigenvalue weighted by atomic mass is 35.5. The number of nitrogens with one attached hydrogen (secondary N) is 2. The lowest BCUT2D eigenvalue weighted by Crippen LogP contribution is -2.29. The number of hydrogen-bond acceptors (Lipinski definition) is 2. The minimum Gasteiger partial charge on any atom is -0.362 e. The lowest BCUT2D eigenvalue weighted by Gasteiger charge is -2.11. The average Bonchev–Trinajstić information content (AvgIpc) is 2.73. The van der Waals surface area contributed by atoms with Gasteiger partial charge in [0.25, 0.3) is 0 Å². The molecule has 0 radical (unpaired) electrons. The quantitative estimate of drug-likeness (QED) is 0.622. The molecule has 0 atom stereocenters. The molecule has 118 valence electrons. The van der Waals surface area contributed by atoms with Crippen LogP contribution in [0.4, 0.5) is 5.69 Å². The molecule has 0 aliphatic carbocycles. The number of nitrogens with zero attached hydrogens (tertiary/aromatic N) is 2. The molecule has 0 unspecified atom stereocenters. The molecule has 0 spiro atoms. The second-order valence-corrected chi connectivity index (χ2v) is 6.16. The number of thiocarbonyl (C=S) groups is 1. The summed E-state index contributed by atoms with van der Waals surface area (Å²) >= 11 is 17.3. The number of hydrogen-bond donors (Lipinski definition) is 2. The summed E-state index contributed by atoms with van der Waals surface area (Å²) in [6.07, 6.45) is 0.840. The summed E-state index contributed by atoms with van der Waals surface area (Å²) in [7, 11) is 0. The summed E-state index contributed by atoms with van der Waals surface area (Å²) < 4.78 is 1.71. The van der Waals surface area contributed by atoms with Gasteiger partial charge in [-0.25, -0.2) is 0 Å². The van der Waals surface area contributed by atoms with Crippen molar-refractivity contribution in [2.75, 3.05) is 11.9 Å². The van der Waals surface area contributed by atoms with Crippen LogP contribution in [0.2, 0.25) is 10.2 Å². The van der Waals surface area contributed by atoms with Crippen LogP contribution in [0, 0.1) is 13.8 Å². The van der Waals surface area contributed by atoms with Crippen molar-refractivity contribution in [1.29, 1.82) is 0 Å². The average molecular weight is 357 g/mol. The zero-order chi connectivity index (χ0) is 16.1. The number of benzene rings is 1. The molecule has 0 aliphatic rings. The molecule has 2 rings (SSSR count). The highest BCUT2D eigenvalue weighted by Crippen LogP contribution is 2.24. The van der Waals surface area contributed by atoms with Gasteiger partial charge in [0.05, 0.1) is 5.69 Å². The molecule has 0 aliphatic heterocycles. The molecule has 0 amide bonds. The third kappa shape index (κ3) is 4.60. The molecule has 7 heteroatoms. The SMILES string of the molecule is Cc1ccc(NC(=S)NCCCn2nc(C)c(Cl)c2Cl)cc1. The molecule has 0 bridgehead atoms. The normalized spacial score (nSPS) is 10.5. The van der Waals surface area contributed by atoms with Crippen LogP contribution in [-0.2, 0) is 6.54 Å². The first kappa shape index (κ1) is 17.1. The lowest BCUT2D eigenvalue weighted by atomic mass is 10.2. The Morgan fingerprint density at radius 3 is 2.50 bits per heavy atom. The van der Waals surface area contributed by atoms with Crippen molar-refractivity contribution >= 4 is 46.2 Å². The predicted octanol–water partition coefficient (Wildman–Crippen LogP) is 4.18. The zero-order valence-electron chi connectivity index (χ0n) is 12.5. The monoisotopic (exact) mass is 356 g/mol. The van der Waals surface area contributed by atoms with Gasteiger partial charge in [0, 0.05) is 18.8 Å². The van der Waals surface area contributed by atoms with Gasteiger partial charge >= 0.3 is 0 Å². The fraction of sp³-hybridized carbons (Fsp3) is 0.333. The third-order valence-electron chi connectivity index (χ3n) is 3.14. The molecule has 1 heterocycles. The predicted molar refractivity (Wildman–Crippen MR) is 97.0 cm³/mol. The molecule has 0 saturated heterocycles. The van der Waals surface area contributed by atoms with Crippen molar-refractivity contribution in [1.82, 2.24) is 15.1 Å². The van der Waals surface area contributed by atoms with Crippen molar-refractivity contribution in [2.24, 2.45) is 0 Å². The molecular weight excluding hydrogens is 339 g/mol. The van der Waals surface area contributed by atoms with Gasteiger partial charge in [-0.2, -0.15) is 5.10 Å². The molecule has 4 nitrogen and oxygen atoms in total. The molecule has 2 N–H and O–H groups in total. The van der Waals surface area contributed by atoms with Gasteiger partial charge in [-0.15, -0.1) is 0 Å². The van der Waals surface area contributed by atoms with Crippen LogP contribution in [0.15, 0.2) is 24.3 Å². The van der Waals surface area contributed by atoms with Gasteiger partial charge in [0.15, 0.2) is 5.11 Å². The minimum atomic E-state index is 0.486. The second-order valence-electron chi connectivity index (χ2n) is 5.01. The first-order valence-corrected chi connectivity index (χ1v) is 8.13. The highest BCUT2D eigenvalue weighted by Gasteiger charge is 2.10. The summed E-state index contributed by atoms with van der Waals surface area (Å²) in [5, 5.41) is 12.2. The van der Waals surface area contributed by atoms with Gasteiger partial charge < -0.3 is 10.6 Å². The van der Waals surface area contributed by atoms with E-state index in [1.165, 1.54) is 5.56 Å². The fourth-order valence-corrected chi connectivity index (χ4v) is 2.54. The summed E-state index contributed by atoms with van der Waals surface area (Å²) in [6.45, 7) is 5.30. The number of rotatable bonds is 5. The van der Waals surface area contributed by atoms with E-state index in [1.54, 1.807) is 4.68 Å². The maximum absolute atomic E-state index is 6.09. The Hall–Kier alpha value is -1.30. The van der Waals surface area contributed by atoms with E-state index in [-0.39, 0.29) is 0 Å². The Kier molecular flexibility index (Phi) is 6.06. The van der Waals surface area contributed by atoms with E-state index < -0.39 is 0 Å². The van der Waals surface area contributed by atoms with Crippen LogP contribution in [0.25, 0.3) is 0 Å². The summed E-state index contributed by atoms with van der Waals surface area (Å²) in [5.74, 6) is 0. The van der Waals surface area contributed by atoms with Crippen molar-refractivity contribution in [3.05, 3.63) is 45.7 Å². The van der Waals surface area contributed by atoms with Crippen molar-refractivity contribution in [3.63, 3.8) is 0 Å². The van der Waals surface area contributed by atoms with Gasteiger partial charge in [-0.05, 0) is 44.6 Å². The van der Waals surface area contributed by atoms with Crippen molar-refractivity contribution in [2.45, 2.75) is 26.8 Å². The van der Waals surface area contributed by atoms with E-state index in [0.29, 0.717) is 21.8 Å². The Bertz CT molecular complexity index is 652. The minimum absolute atomic E-state index is 0.486. The lowest BCUT2D eigenvalue weighted by molar-refractivity contribution is 0.571. The Labute approximate surface area is 145 Å². The van der Waals surface area contributed by atoms with Crippen molar-refractivity contribution < 1.29 is 0 Å². The maximum Gasteiger partial charge on any atom is 0.170 e. The van der Waals surface area contributed by atoms with Crippen LogP contribution in [0.3, 0.4) is 0 Å². The Balaban J connectivity index is 1.73. The first-order chi connectivity index (χ1) is 10.5. The van der Waals surface area contributed by atoms with Crippen LogP contribution in [0.1, 0.15) is 17.7 Å². The summed E-state index contributed by atoms with van der Waals surface area (Å²) in [6, 6.07) is 8.07. The number of anilines is 1. The van der Waals surface area contributed by atoms with Gasteiger partial charge in [-0.1, -0.05) is 40.9 Å². The van der Waals surface area contributed by atoms with E-state index in [0.717, 1.165) is 24.3 Å². The molecule has 2 aromatic rings. The number of aryl methyl sites for hydroxylation is 3. The summed E-state index contributed by atoms with van der Waals surface area (Å²) in [4.78, 5) is 0. The molecule has 1 aromatic heterocycles. The maximum atomic E-state index is 6.09. The van der Waals surface area contributed by atoms with E-state index in [2.05, 4.69) is 22.7 Å². The van der Waals surface area contributed by atoms with E-state index in [1.807, 2.05) is 31.2 Å². The number of halogens is 2. The molecule has 0 fully saturated rings. The van der Waals surface area contributed by atoms with E-state index >= 15 is 0 Å². The first-order valence-electron chi connectivity index (χ1n) is 6.97. The van der Waals surface area contributed by atoms with Crippen molar-refractivity contribution in [3.8, 4) is 0 Å². The van der Waals surface area contributed by atoms with Crippen LogP contribution in [-0.4, -0.2) is 21.4 Å². The zero-order valence-corrected chi connectivity index (χ0v) is 14.8. The molecule has 22 heavy (non-hydrogen) atoms. The van der Waals surface area contributed by atoms with Crippen LogP contribution >= 0.6 is 35.4 Å². The summed E-state index contributed by atoms with van der Waals surface area (Å²) in [5.41, 5.74) is 2.94.